The second kappa shape index (κ2) is 7.16. The SMILES string of the molecule is Cc1ccc2occ(/C=C(/c3ccc([N+](=O)[O-])cc3)c3noc(C)n3)c(=O)c2c1. The number of hydrogen-bond acceptors (Lipinski definition) is 7. The number of nitro groups is 1. The lowest BCUT2D eigenvalue weighted by Gasteiger charge is -2.05. The summed E-state index contributed by atoms with van der Waals surface area (Å²) in [6.45, 7) is 3.54. The molecule has 4 rings (SSSR count). The molecule has 0 bridgehead atoms. The van der Waals surface area contributed by atoms with Gasteiger partial charge in [0, 0.05) is 24.6 Å². The van der Waals surface area contributed by atoms with Gasteiger partial charge in [-0.2, -0.15) is 4.98 Å². The van der Waals surface area contributed by atoms with Gasteiger partial charge in [-0.05, 0) is 42.8 Å². The average Bonchev–Trinajstić information content (AvgIpc) is 3.14. The molecule has 4 aromatic rings. The van der Waals surface area contributed by atoms with Crippen molar-refractivity contribution in [3.05, 3.63) is 97.5 Å². The smallest absolute Gasteiger partial charge is 0.269 e. The van der Waals surface area contributed by atoms with Gasteiger partial charge in [0.2, 0.25) is 11.7 Å². The number of fused-ring (bicyclic) bond motifs is 1. The molecule has 0 aliphatic carbocycles. The molecular formula is C21H15N3O5. The van der Waals surface area contributed by atoms with Crippen molar-refractivity contribution in [3.63, 3.8) is 0 Å². The fourth-order valence-electron chi connectivity index (χ4n) is 2.96. The minimum Gasteiger partial charge on any atom is -0.463 e. The Labute approximate surface area is 164 Å². The Balaban J connectivity index is 1.90. The van der Waals surface area contributed by atoms with Crippen molar-refractivity contribution in [1.29, 1.82) is 0 Å². The van der Waals surface area contributed by atoms with Crippen LogP contribution in [-0.2, 0) is 0 Å². The zero-order chi connectivity index (χ0) is 20.5. The Kier molecular flexibility index (Phi) is 4.52. The van der Waals surface area contributed by atoms with Crippen LogP contribution in [0.5, 0.6) is 0 Å². The Morgan fingerprint density at radius 2 is 1.90 bits per heavy atom. The van der Waals surface area contributed by atoms with E-state index in [9.17, 15) is 14.9 Å². The van der Waals surface area contributed by atoms with Crippen LogP contribution in [0.25, 0.3) is 22.6 Å². The average molecular weight is 389 g/mol. The molecule has 0 saturated carbocycles. The van der Waals surface area contributed by atoms with E-state index in [1.807, 2.05) is 13.0 Å². The van der Waals surface area contributed by atoms with E-state index in [1.54, 1.807) is 37.3 Å². The highest BCUT2D eigenvalue weighted by molar-refractivity contribution is 5.90. The maximum atomic E-state index is 13.0. The van der Waals surface area contributed by atoms with Crippen LogP contribution >= 0.6 is 0 Å². The fourth-order valence-corrected chi connectivity index (χ4v) is 2.96. The number of rotatable bonds is 4. The lowest BCUT2D eigenvalue weighted by molar-refractivity contribution is -0.384. The first-order valence-electron chi connectivity index (χ1n) is 8.72. The van der Waals surface area contributed by atoms with E-state index in [-0.39, 0.29) is 16.9 Å². The predicted octanol–water partition coefficient (Wildman–Crippen LogP) is 4.29. The Hall–Kier alpha value is -4.07. The van der Waals surface area contributed by atoms with Crippen molar-refractivity contribution < 1.29 is 13.9 Å². The summed E-state index contributed by atoms with van der Waals surface area (Å²) >= 11 is 0. The molecule has 0 aliphatic heterocycles. The number of non-ortho nitro benzene ring substituents is 1. The first-order chi connectivity index (χ1) is 13.9. The molecule has 29 heavy (non-hydrogen) atoms. The van der Waals surface area contributed by atoms with Crippen LogP contribution in [-0.4, -0.2) is 15.1 Å². The largest absolute Gasteiger partial charge is 0.463 e. The number of aromatic nitrogens is 2. The van der Waals surface area contributed by atoms with Gasteiger partial charge in [-0.3, -0.25) is 14.9 Å². The topological polar surface area (TPSA) is 112 Å². The van der Waals surface area contributed by atoms with Gasteiger partial charge in [0.25, 0.3) is 5.69 Å². The first-order valence-corrected chi connectivity index (χ1v) is 8.72. The van der Waals surface area contributed by atoms with E-state index in [0.717, 1.165) is 5.56 Å². The van der Waals surface area contributed by atoms with Gasteiger partial charge in [0.05, 0.1) is 15.9 Å². The highest BCUT2D eigenvalue weighted by Gasteiger charge is 2.15. The summed E-state index contributed by atoms with van der Waals surface area (Å²) < 4.78 is 10.7. The summed E-state index contributed by atoms with van der Waals surface area (Å²) in [4.78, 5) is 27.7. The zero-order valence-electron chi connectivity index (χ0n) is 15.6. The van der Waals surface area contributed by atoms with Crippen LogP contribution in [0.1, 0.15) is 28.4 Å². The summed E-state index contributed by atoms with van der Waals surface area (Å²) in [5.74, 6) is 0.620. The number of benzene rings is 2. The van der Waals surface area contributed by atoms with Crippen molar-refractivity contribution in [2.24, 2.45) is 0 Å². The summed E-state index contributed by atoms with van der Waals surface area (Å²) in [5.41, 5.74) is 2.57. The molecule has 2 heterocycles. The lowest BCUT2D eigenvalue weighted by Crippen LogP contribution is -2.06. The van der Waals surface area contributed by atoms with Crippen LogP contribution in [0.3, 0.4) is 0 Å². The molecule has 2 aromatic heterocycles. The maximum Gasteiger partial charge on any atom is 0.269 e. The fraction of sp³-hybridized carbons (Fsp3) is 0.0952. The Morgan fingerprint density at radius 1 is 1.14 bits per heavy atom. The summed E-state index contributed by atoms with van der Waals surface area (Å²) in [5, 5.41) is 15.3. The van der Waals surface area contributed by atoms with E-state index >= 15 is 0 Å². The second-order valence-electron chi connectivity index (χ2n) is 6.52. The third-order valence-electron chi connectivity index (χ3n) is 4.41. The molecule has 8 heteroatoms. The highest BCUT2D eigenvalue weighted by Crippen LogP contribution is 2.26. The van der Waals surface area contributed by atoms with Gasteiger partial charge in [-0.25, -0.2) is 0 Å². The maximum absolute atomic E-state index is 13.0. The number of aryl methyl sites for hydroxylation is 2. The van der Waals surface area contributed by atoms with E-state index in [4.69, 9.17) is 8.94 Å². The van der Waals surface area contributed by atoms with Gasteiger partial charge < -0.3 is 8.94 Å². The second-order valence-corrected chi connectivity index (χ2v) is 6.52. The minimum atomic E-state index is -0.480. The molecule has 0 atom stereocenters. The molecule has 0 fully saturated rings. The van der Waals surface area contributed by atoms with Crippen molar-refractivity contribution in [2.45, 2.75) is 13.8 Å². The van der Waals surface area contributed by atoms with E-state index in [2.05, 4.69) is 10.1 Å². The zero-order valence-corrected chi connectivity index (χ0v) is 15.6. The van der Waals surface area contributed by atoms with Gasteiger partial charge in [0.1, 0.15) is 11.8 Å². The van der Waals surface area contributed by atoms with Gasteiger partial charge in [-0.15, -0.1) is 0 Å². The molecule has 8 nitrogen and oxygen atoms in total. The van der Waals surface area contributed by atoms with Crippen LogP contribution in [0.4, 0.5) is 5.69 Å². The lowest BCUT2D eigenvalue weighted by atomic mass is 10.0. The molecule has 0 aliphatic rings. The van der Waals surface area contributed by atoms with Crippen LogP contribution < -0.4 is 5.43 Å². The van der Waals surface area contributed by atoms with Gasteiger partial charge in [-0.1, -0.05) is 16.8 Å². The number of hydrogen-bond donors (Lipinski definition) is 0. The third-order valence-corrected chi connectivity index (χ3v) is 4.41. The molecule has 0 radical (unpaired) electrons. The van der Waals surface area contributed by atoms with E-state index < -0.39 is 4.92 Å². The summed E-state index contributed by atoms with van der Waals surface area (Å²) in [7, 11) is 0. The minimum absolute atomic E-state index is 0.0434. The van der Waals surface area contributed by atoms with Gasteiger partial charge in [0.15, 0.2) is 5.43 Å². The summed E-state index contributed by atoms with van der Waals surface area (Å²) in [6.07, 6.45) is 2.97. The molecule has 2 aromatic carbocycles. The molecule has 0 N–H and O–H groups in total. The van der Waals surface area contributed by atoms with E-state index in [0.29, 0.717) is 33.6 Å². The normalized spacial score (nSPS) is 11.7. The van der Waals surface area contributed by atoms with Crippen molar-refractivity contribution >= 4 is 28.3 Å². The van der Waals surface area contributed by atoms with Crippen molar-refractivity contribution in [1.82, 2.24) is 10.1 Å². The summed E-state index contributed by atoms with van der Waals surface area (Å²) in [6, 6.07) is 11.3. The number of nitro benzene ring substituents is 1. The Morgan fingerprint density at radius 3 is 2.55 bits per heavy atom. The van der Waals surface area contributed by atoms with Gasteiger partial charge >= 0.3 is 0 Å². The molecule has 0 unspecified atom stereocenters. The highest BCUT2D eigenvalue weighted by atomic mass is 16.6. The molecule has 144 valence electrons. The molecular weight excluding hydrogens is 374 g/mol. The predicted molar refractivity (Wildman–Crippen MR) is 106 cm³/mol. The first kappa shape index (κ1) is 18.3. The standard InChI is InChI=1S/C21H15N3O5/c1-12-3-8-19-18(9-12)20(25)15(11-28-19)10-17(21-22-13(2)29-23-21)14-4-6-16(7-5-14)24(26)27/h3-11H,1-2H3/b17-10-. The van der Waals surface area contributed by atoms with Crippen molar-refractivity contribution in [3.8, 4) is 0 Å². The Bertz CT molecular complexity index is 1320. The van der Waals surface area contributed by atoms with Crippen LogP contribution in [0.2, 0.25) is 0 Å². The molecule has 0 saturated heterocycles. The molecule has 0 spiro atoms. The number of nitrogens with zero attached hydrogens (tertiary/aromatic N) is 3. The van der Waals surface area contributed by atoms with Crippen LogP contribution in [0, 0.1) is 24.0 Å². The monoisotopic (exact) mass is 389 g/mol. The van der Waals surface area contributed by atoms with Crippen LogP contribution in [0.15, 0.2) is 62.5 Å². The quantitative estimate of drug-likeness (QED) is 0.378. The third kappa shape index (κ3) is 3.55. The van der Waals surface area contributed by atoms with Crippen molar-refractivity contribution in [2.75, 3.05) is 0 Å². The van der Waals surface area contributed by atoms with E-state index in [1.165, 1.54) is 18.4 Å². The molecule has 0 amide bonds.